The lowest BCUT2D eigenvalue weighted by atomic mass is 10.1. The van der Waals surface area contributed by atoms with Crippen molar-refractivity contribution in [2.45, 2.75) is 32.9 Å². The predicted molar refractivity (Wildman–Crippen MR) is 75.0 cm³/mol. The van der Waals surface area contributed by atoms with Crippen molar-refractivity contribution in [2.24, 2.45) is 0 Å². The zero-order chi connectivity index (χ0) is 15.0. The summed E-state index contributed by atoms with van der Waals surface area (Å²) in [4.78, 5) is 23.7. The molecule has 20 heavy (non-hydrogen) atoms. The number of ether oxygens (including phenoxy) is 2. The number of benzene rings is 1. The highest BCUT2D eigenvalue weighted by molar-refractivity contribution is 5.99. The van der Waals surface area contributed by atoms with Crippen LogP contribution in [-0.2, 0) is 19.1 Å². The second kappa shape index (κ2) is 8.32. The van der Waals surface area contributed by atoms with Gasteiger partial charge in [-0.15, -0.1) is 0 Å². The Balaban J connectivity index is 2.78. The van der Waals surface area contributed by atoms with Gasteiger partial charge in [-0.25, -0.2) is 9.59 Å². The van der Waals surface area contributed by atoms with Crippen LogP contribution < -0.4 is 5.32 Å². The quantitative estimate of drug-likeness (QED) is 0.609. The van der Waals surface area contributed by atoms with E-state index >= 15 is 0 Å². The molecule has 0 saturated heterocycles. The smallest absolute Gasteiger partial charge is 0.334 e. The number of hydrogen-bond acceptors (Lipinski definition) is 5. The van der Waals surface area contributed by atoms with Crippen LogP contribution in [-0.4, -0.2) is 31.2 Å². The summed E-state index contributed by atoms with van der Waals surface area (Å²) >= 11 is 0. The first-order valence-electron chi connectivity index (χ1n) is 6.74. The summed E-state index contributed by atoms with van der Waals surface area (Å²) in [7, 11) is 0. The Kier molecular flexibility index (Phi) is 6.73. The van der Waals surface area contributed by atoms with Crippen molar-refractivity contribution in [3.8, 4) is 0 Å². The van der Waals surface area contributed by atoms with Crippen molar-refractivity contribution in [1.29, 1.82) is 0 Å². The number of carbonyl (C=O) groups excluding carboxylic acids is 2. The maximum Gasteiger partial charge on any atom is 0.334 e. The third-order valence-corrected chi connectivity index (χ3v) is 2.76. The number of nitrogens with one attached hydrogen (secondary N) is 1. The number of carbonyl (C=O) groups is 2. The minimum atomic E-state index is -1.11. The van der Waals surface area contributed by atoms with Crippen LogP contribution in [0.25, 0.3) is 0 Å². The van der Waals surface area contributed by atoms with Crippen LogP contribution in [0, 0.1) is 0 Å². The Morgan fingerprint density at radius 3 is 2.00 bits per heavy atom. The molecule has 1 atom stereocenters. The van der Waals surface area contributed by atoms with Gasteiger partial charge in [-0.1, -0.05) is 30.3 Å². The van der Waals surface area contributed by atoms with Gasteiger partial charge in [-0.2, -0.15) is 0 Å². The van der Waals surface area contributed by atoms with Gasteiger partial charge in [0.2, 0.25) is 6.04 Å². The van der Waals surface area contributed by atoms with Crippen LogP contribution in [0.4, 0.5) is 0 Å². The standard InChI is InChI=1S/C15H21NO4/c1-4-19-14(17)13(15(18)20-5-2)16-11(3)12-9-7-6-8-10-12/h6-11,13,16H,4-5H2,1-3H3/t11-/m1/s1. The highest BCUT2D eigenvalue weighted by Crippen LogP contribution is 2.13. The molecule has 1 rings (SSSR count). The van der Waals surface area contributed by atoms with E-state index in [-0.39, 0.29) is 19.3 Å². The molecule has 0 radical (unpaired) electrons. The molecule has 0 aliphatic carbocycles. The maximum atomic E-state index is 11.8. The van der Waals surface area contributed by atoms with Crippen LogP contribution in [0.15, 0.2) is 30.3 Å². The van der Waals surface area contributed by atoms with E-state index in [0.29, 0.717) is 0 Å². The minimum absolute atomic E-state index is 0.171. The lowest BCUT2D eigenvalue weighted by Crippen LogP contribution is -2.46. The molecule has 0 bridgehead atoms. The monoisotopic (exact) mass is 279 g/mol. The fraction of sp³-hybridized carbons (Fsp3) is 0.467. The van der Waals surface area contributed by atoms with Gasteiger partial charge in [-0.05, 0) is 26.3 Å². The predicted octanol–water partition coefficient (Wildman–Crippen LogP) is 1.83. The average molecular weight is 279 g/mol. The molecule has 0 amide bonds. The first-order chi connectivity index (χ1) is 9.60. The van der Waals surface area contributed by atoms with Crippen LogP contribution in [0.3, 0.4) is 0 Å². The van der Waals surface area contributed by atoms with Gasteiger partial charge in [0.1, 0.15) is 0 Å². The number of hydrogen-bond donors (Lipinski definition) is 1. The van der Waals surface area contributed by atoms with Crippen molar-refractivity contribution in [3.63, 3.8) is 0 Å². The fourth-order valence-corrected chi connectivity index (χ4v) is 1.77. The Labute approximate surface area is 119 Å². The van der Waals surface area contributed by atoms with Crippen LogP contribution in [0.5, 0.6) is 0 Å². The molecule has 110 valence electrons. The van der Waals surface area contributed by atoms with E-state index in [9.17, 15) is 9.59 Å². The van der Waals surface area contributed by atoms with Crippen molar-refractivity contribution in [3.05, 3.63) is 35.9 Å². The summed E-state index contributed by atoms with van der Waals surface area (Å²) in [6, 6.07) is 8.27. The van der Waals surface area contributed by atoms with Gasteiger partial charge >= 0.3 is 11.9 Å². The lowest BCUT2D eigenvalue weighted by Gasteiger charge is -2.20. The zero-order valence-corrected chi connectivity index (χ0v) is 12.1. The highest BCUT2D eigenvalue weighted by Gasteiger charge is 2.30. The van der Waals surface area contributed by atoms with Gasteiger partial charge in [0.25, 0.3) is 0 Å². The van der Waals surface area contributed by atoms with E-state index in [2.05, 4.69) is 5.32 Å². The van der Waals surface area contributed by atoms with Crippen LogP contribution in [0.2, 0.25) is 0 Å². The number of esters is 2. The molecule has 1 aromatic carbocycles. The third-order valence-electron chi connectivity index (χ3n) is 2.76. The maximum absolute atomic E-state index is 11.8. The summed E-state index contributed by atoms with van der Waals surface area (Å²) in [6.45, 7) is 5.70. The van der Waals surface area contributed by atoms with Gasteiger partial charge in [0.15, 0.2) is 0 Å². The molecule has 5 nitrogen and oxygen atoms in total. The molecule has 0 saturated carbocycles. The molecule has 0 spiro atoms. The topological polar surface area (TPSA) is 64.6 Å². The SMILES string of the molecule is CCOC(=O)C(N[C@H](C)c1ccccc1)C(=O)OCC. The molecular formula is C15H21NO4. The van der Waals surface area contributed by atoms with Gasteiger partial charge in [-0.3, -0.25) is 5.32 Å². The molecule has 5 heteroatoms. The second-order valence-corrected chi connectivity index (χ2v) is 4.24. The Morgan fingerprint density at radius 2 is 1.55 bits per heavy atom. The molecule has 0 heterocycles. The summed E-state index contributed by atoms with van der Waals surface area (Å²) < 4.78 is 9.81. The van der Waals surface area contributed by atoms with E-state index in [1.54, 1.807) is 13.8 Å². The summed E-state index contributed by atoms with van der Waals surface area (Å²) in [5.41, 5.74) is 0.978. The minimum Gasteiger partial charge on any atom is -0.464 e. The molecule has 0 aliphatic heterocycles. The molecule has 0 aromatic heterocycles. The van der Waals surface area contributed by atoms with Crippen LogP contribution >= 0.6 is 0 Å². The zero-order valence-electron chi connectivity index (χ0n) is 12.1. The summed E-state index contributed by atoms with van der Waals surface area (Å²) in [6.07, 6.45) is 0. The van der Waals surface area contributed by atoms with Gasteiger partial charge in [0, 0.05) is 6.04 Å². The second-order valence-electron chi connectivity index (χ2n) is 4.24. The Hall–Kier alpha value is -1.88. The Bertz CT molecular complexity index is 415. The number of rotatable bonds is 7. The molecule has 0 fully saturated rings. The molecule has 0 unspecified atom stereocenters. The normalized spacial score (nSPS) is 12.0. The average Bonchev–Trinajstić information content (AvgIpc) is 2.45. The highest BCUT2D eigenvalue weighted by atomic mass is 16.6. The van der Waals surface area contributed by atoms with E-state index in [1.807, 2.05) is 37.3 Å². The molecule has 1 N–H and O–H groups in total. The van der Waals surface area contributed by atoms with Crippen molar-refractivity contribution >= 4 is 11.9 Å². The summed E-state index contributed by atoms with van der Waals surface area (Å²) in [5.74, 6) is -1.23. The fourth-order valence-electron chi connectivity index (χ4n) is 1.77. The van der Waals surface area contributed by atoms with Crippen molar-refractivity contribution in [1.82, 2.24) is 5.32 Å². The van der Waals surface area contributed by atoms with Gasteiger partial charge < -0.3 is 9.47 Å². The largest absolute Gasteiger partial charge is 0.464 e. The van der Waals surface area contributed by atoms with Gasteiger partial charge in [0.05, 0.1) is 13.2 Å². The first-order valence-corrected chi connectivity index (χ1v) is 6.74. The summed E-state index contributed by atoms with van der Waals surface area (Å²) in [5, 5.41) is 2.95. The first kappa shape index (κ1) is 16.2. The van der Waals surface area contributed by atoms with E-state index in [1.165, 1.54) is 0 Å². The Morgan fingerprint density at radius 1 is 1.05 bits per heavy atom. The van der Waals surface area contributed by atoms with E-state index in [4.69, 9.17) is 9.47 Å². The van der Waals surface area contributed by atoms with E-state index in [0.717, 1.165) is 5.56 Å². The van der Waals surface area contributed by atoms with Crippen molar-refractivity contribution < 1.29 is 19.1 Å². The molecule has 1 aromatic rings. The van der Waals surface area contributed by atoms with Crippen molar-refractivity contribution in [2.75, 3.05) is 13.2 Å². The third kappa shape index (κ3) is 4.66. The van der Waals surface area contributed by atoms with E-state index < -0.39 is 18.0 Å². The molecule has 0 aliphatic rings. The lowest BCUT2D eigenvalue weighted by molar-refractivity contribution is -0.158. The van der Waals surface area contributed by atoms with Crippen LogP contribution in [0.1, 0.15) is 32.4 Å². The molecular weight excluding hydrogens is 258 g/mol.